The second-order valence-corrected chi connectivity index (χ2v) is 4.29. The normalized spacial score (nSPS) is 12.5. The summed E-state index contributed by atoms with van der Waals surface area (Å²) in [5.74, 6) is 0.393. The van der Waals surface area contributed by atoms with E-state index in [-0.39, 0.29) is 11.9 Å². The summed E-state index contributed by atoms with van der Waals surface area (Å²) in [7, 11) is 0. The zero-order chi connectivity index (χ0) is 11.3. The molecule has 0 saturated carbocycles. The summed E-state index contributed by atoms with van der Waals surface area (Å²) < 4.78 is 18.9. The van der Waals surface area contributed by atoms with Crippen LogP contribution in [0, 0.1) is 5.82 Å². The molecule has 0 aromatic heterocycles. The Morgan fingerprint density at radius 2 is 2.27 bits per heavy atom. The molecule has 0 aliphatic heterocycles. The van der Waals surface area contributed by atoms with E-state index >= 15 is 0 Å². The van der Waals surface area contributed by atoms with Crippen LogP contribution in [-0.4, -0.2) is 12.6 Å². The van der Waals surface area contributed by atoms with Crippen molar-refractivity contribution >= 4 is 15.9 Å². The minimum Gasteiger partial charge on any atom is -0.491 e. The molecule has 84 valence electrons. The summed E-state index contributed by atoms with van der Waals surface area (Å²) in [4.78, 5) is 0. The number of hydrogen-bond donors (Lipinski definition) is 1. The first-order chi connectivity index (χ1) is 7.13. The Kier molecular flexibility index (Phi) is 5.05. The Balaban J connectivity index is 2.53. The molecule has 0 heterocycles. The van der Waals surface area contributed by atoms with Crippen LogP contribution in [0.1, 0.15) is 19.8 Å². The van der Waals surface area contributed by atoms with Gasteiger partial charge in [-0.25, -0.2) is 4.39 Å². The van der Waals surface area contributed by atoms with Crippen LogP contribution in [0.25, 0.3) is 0 Å². The van der Waals surface area contributed by atoms with E-state index in [4.69, 9.17) is 10.5 Å². The first-order valence-corrected chi connectivity index (χ1v) is 5.74. The van der Waals surface area contributed by atoms with Crippen molar-refractivity contribution in [3.8, 4) is 5.75 Å². The van der Waals surface area contributed by atoms with Crippen LogP contribution in [0.2, 0.25) is 0 Å². The second kappa shape index (κ2) is 6.08. The standard InChI is InChI=1S/C11H15BrFNO/c1-8(3-2-6-14)15-9-4-5-11(13)10(12)7-9/h4-5,7-8H,2-3,6,14H2,1H3. The van der Waals surface area contributed by atoms with Crippen LogP contribution >= 0.6 is 15.9 Å². The van der Waals surface area contributed by atoms with Crippen molar-refractivity contribution in [2.75, 3.05) is 6.54 Å². The van der Waals surface area contributed by atoms with Gasteiger partial charge in [-0.15, -0.1) is 0 Å². The van der Waals surface area contributed by atoms with Crippen LogP contribution in [0.3, 0.4) is 0 Å². The van der Waals surface area contributed by atoms with Crippen LogP contribution in [0.15, 0.2) is 22.7 Å². The Labute approximate surface area is 97.7 Å². The van der Waals surface area contributed by atoms with E-state index in [2.05, 4.69) is 15.9 Å². The zero-order valence-electron chi connectivity index (χ0n) is 8.67. The maximum absolute atomic E-state index is 12.9. The van der Waals surface area contributed by atoms with Crippen molar-refractivity contribution in [3.63, 3.8) is 0 Å². The molecule has 1 aromatic carbocycles. The Morgan fingerprint density at radius 3 is 2.87 bits per heavy atom. The van der Waals surface area contributed by atoms with E-state index in [1.165, 1.54) is 6.07 Å². The van der Waals surface area contributed by atoms with E-state index in [9.17, 15) is 4.39 Å². The lowest BCUT2D eigenvalue weighted by molar-refractivity contribution is 0.208. The largest absolute Gasteiger partial charge is 0.491 e. The number of benzene rings is 1. The monoisotopic (exact) mass is 275 g/mol. The van der Waals surface area contributed by atoms with Gasteiger partial charge in [-0.1, -0.05) is 0 Å². The van der Waals surface area contributed by atoms with E-state index in [0.717, 1.165) is 12.8 Å². The summed E-state index contributed by atoms with van der Waals surface area (Å²) >= 11 is 3.11. The smallest absolute Gasteiger partial charge is 0.137 e. The molecule has 2 N–H and O–H groups in total. The predicted molar refractivity (Wildman–Crippen MR) is 62.5 cm³/mol. The first kappa shape index (κ1) is 12.5. The minimum atomic E-state index is -0.281. The first-order valence-electron chi connectivity index (χ1n) is 4.95. The molecule has 0 amide bonds. The Bertz CT molecular complexity index is 319. The van der Waals surface area contributed by atoms with Crippen LogP contribution in [0.5, 0.6) is 5.75 Å². The van der Waals surface area contributed by atoms with Gasteiger partial charge >= 0.3 is 0 Å². The van der Waals surface area contributed by atoms with Gasteiger partial charge in [-0.05, 0) is 60.4 Å². The van der Waals surface area contributed by atoms with Crippen LogP contribution < -0.4 is 10.5 Å². The van der Waals surface area contributed by atoms with E-state index in [1.807, 2.05) is 6.92 Å². The quantitative estimate of drug-likeness (QED) is 0.896. The molecule has 0 radical (unpaired) electrons. The molecule has 0 bridgehead atoms. The fourth-order valence-corrected chi connectivity index (χ4v) is 1.60. The molecule has 1 atom stereocenters. The molecule has 0 aliphatic rings. The summed E-state index contributed by atoms with van der Waals surface area (Å²) in [6.07, 6.45) is 1.94. The fourth-order valence-electron chi connectivity index (χ4n) is 1.25. The average molecular weight is 276 g/mol. The third-order valence-electron chi connectivity index (χ3n) is 2.04. The highest BCUT2D eigenvalue weighted by molar-refractivity contribution is 9.10. The Morgan fingerprint density at radius 1 is 1.53 bits per heavy atom. The SMILES string of the molecule is CC(CCCN)Oc1ccc(F)c(Br)c1. The fraction of sp³-hybridized carbons (Fsp3) is 0.455. The molecule has 0 fully saturated rings. The molecular weight excluding hydrogens is 261 g/mol. The van der Waals surface area contributed by atoms with Crippen molar-refractivity contribution < 1.29 is 9.13 Å². The van der Waals surface area contributed by atoms with Gasteiger partial charge in [0.1, 0.15) is 11.6 Å². The average Bonchev–Trinajstić information content (AvgIpc) is 2.20. The highest BCUT2D eigenvalue weighted by Crippen LogP contribution is 2.22. The molecule has 1 aromatic rings. The number of rotatable bonds is 5. The number of nitrogens with two attached hydrogens (primary N) is 1. The summed E-state index contributed by atoms with van der Waals surface area (Å²) in [6, 6.07) is 4.64. The van der Waals surface area contributed by atoms with Crippen molar-refractivity contribution in [1.29, 1.82) is 0 Å². The van der Waals surface area contributed by atoms with Gasteiger partial charge in [-0.3, -0.25) is 0 Å². The third kappa shape index (κ3) is 4.18. The predicted octanol–water partition coefficient (Wildman–Crippen LogP) is 3.09. The molecular formula is C11H15BrFNO. The van der Waals surface area contributed by atoms with Gasteiger partial charge in [-0.2, -0.15) is 0 Å². The number of ether oxygens (including phenoxy) is 1. The van der Waals surface area contributed by atoms with E-state index in [0.29, 0.717) is 16.8 Å². The summed E-state index contributed by atoms with van der Waals surface area (Å²) in [6.45, 7) is 2.65. The lowest BCUT2D eigenvalue weighted by Crippen LogP contribution is -2.13. The van der Waals surface area contributed by atoms with Gasteiger partial charge in [0.05, 0.1) is 10.6 Å². The molecule has 1 rings (SSSR count). The number of halogens is 2. The highest BCUT2D eigenvalue weighted by atomic mass is 79.9. The second-order valence-electron chi connectivity index (χ2n) is 3.44. The van der Waals surface area contributed by atoms with E-state index in [1.54, 1.807) is 12.1 Å². The lowest BCUT2D eigenvalue weighted by atomic mass is 10.2. The molecule has 4 heteroatoms. The molecule has 2 nitrogen and oxygen atoms in total. The maximum Gasteiger partial charge on any atom is 0.137 e. The number of hydrogen-bond acceptors (Lipinski definition) is 2. The van der Waals surface area contributed by atoms with Gasteiger partial charge < -0.3 is 10.5 Å². The minimum absolute atomic E-state index is 0.103. The molecule has 0 saturated heterocycles. The maximum atomic E-state index is 12.9. The molecule has 1 unspecified atom stereocenters. The molecule has 0 aliphatic carbocycles. The lowest BCUT2D eigenvalue weighted by Gasteiger charge is -2.14. The van der Waals surface area contributed by atoms with Crippen molar-refractivity contribution in [3.05, 3.63) is 28.5 Å². The molecule has 15 heavy (non-hydrogen) atoms. The van der Waals surface area contributed by atoms with Gasteiger partial charge in [0.2, 0.25) is 0 Å². The van der Waals surface area contributed by atoms with Crippen LogP contribution in [-0.2, 0) is 0 Å². The van der Waals surface area contributed by atoms with Crippen molar-refractivity contribution in [2.45, 2.75) is 25.9 Å². The molecule has 0 spiro atoms. The summed E-state index contributed by atoms with van der Waals surface area (Å²) in [5, 5.41) is 0. The van der Waals surface area contributed by atoms with Crippen LogP contribution in [0.4, 0.5) is 4.39 Å². The topological polar surface area (TPSA) is 35.2 Å². The Hall–Kier alpha value is -0.610. The van der Waals surface area contributed by atoms with Gasteiger partial charge in [0, 0.05) is 0 Å². The van der Waals surface area contributed by atoms with E-state index < -0.39 is 0 Å². The van der Waals surface area contributed by atoms with Crippen molar-refractivity contribution in [2.24, 2.45) is 5.73 Å². The van der Waals surface area contributed by atoms with Gasteiger partial charge in [0.25, 0.3) is 0 Å². The van der Waals surface area contributed by atoms with Gasteiger partial charge in [0.15, 0.2) is 0 Å². The highest BCUT2D eigenvalue weighted by Gasteiger charge is 2.05. The van der Waals surface area contributed by atoms with Crippen molar-refractivity contribution in [1.82, 2.24) is 0 Å². The zero-order valence-corrected chi connectivity index (χ0v) is 10.3. The third-order valence-corrected chi connectivity index (χ3v) is 2.65. The summed E-state index contributed by atoms with van der Waals surface area (Å²) in [5.41, 5.74) is 5.40.